The fourth-order valence-electron chi connectivity index (χ4n) is 2.97. The van der Waals surface area contributed by atoms with Gasteiger partial charge in [-0.05, 0) is 42.0 Å². The molecule has 4 rings (SSSR count). The first-order chi connectivity index (χ1) is 13.8. The van der Waals surface area contributed by atoms with Crippen LogP contribution in [0.25, 0.3) is 16.8 Å². The molecule has 0 fully saturated rings. The van der Waals surface area contributed by atoms with Crippen molar-refractivity contribution in [2.75, 3.05) is 5.32 Å². The number of nitrogens with zero attached hydrogens (tertiary/aromatic N) is 4. The van der Waals surface area contributed by atoms with Gasteiger partial charge in [0, 0.05) is 16.8 Å². The highest BCUT2D eigenvalue weighted by molar-refractivity contribution is 6.09. The van der Waals surface area contributed by atoms with Crippen LogP contribution in [0.2, 0.25) is 0 Å². The highest BCUT2D eigenvalue weighted by atomic mass is 16.1. The SMILES string of the molecule is N#Cc1ccccc1-c1ccccc1C(=O)Nc1ccc(-n2cncn2)cc1. The predicted octanol–water partition coefficient (Wildman–Crippen LogP) is 4.06. The minimum atomic E-state index is -0.239. The standard InChI is InChI=1S/C22H15N5O/c23-13-16-5-1-2-6-19(16)20-7-3-4-8-21(20)22(28)26-17-9-11-18(12-10-17)27-15-24-14-25-27/h1-12,14-15H,(H,26,28). The molecule has 0 spiro atoms. The van der Waals surface area contributed by atoms with Crippen molar-refractivity contribution in [3.05, 3.63) is 96.6 Å². The van der Waals surface area contributed by atoms with Crippen LogP contribution in [0.4, 0.5) is 5.69 Å². The second-order valence-corrected chi connectivity index (χ2v) is 6.04. The topological polar surface area (TPSA) is 83.6 Å². The molecule has 4 aromatic rings. The summed E-state index contributed by atoms with van der Waals surface area (Å²) in [6.45, 7) is 0. The minimum absolute atomic E-state index is 0.239. The van der Waals surface area contributed by atoms with Gasteiger partial charge in [-0.3, -0.25) is 4.79 Å². The van der Waals surface area contributed by atoms with Crippen molar-refractivity contribution < 1.29 is 4.79 Å². The molecule has 6 nitrogen and oxygen atoms in total. The lowest BCUT2D eigenvalue weighted by atomic mass is 9.95. The van der Waals surface area contributed by atoms with E-state index >= 15 is 0 Å². The molecule has 0 aliphatic carbocycles. The predicted molar refractivity (Wildman–Crippen MR) is 106 cm³/mol. The molecule has 0 unspecified atom stereocenters. The van der Waals surface area contributed by atoms with Gasteiger partial charge in [-0.15, -0.1) is 0 Å². The number of benzene rings is 3. The van der Waals surface area contributed by atoms with Gasteiger partial charge in [0.25, 0.3) is 5.91 Å². The molecule has 0 saturated heterocycles. The zero-order chi connectivity index (χ0) is 19.3. The monoisotopic (exact) mass is 365 g/mol. The lowest BCUT2D eigenvalue weighted by molar-refractivity contribution is 0.102. The van der Waals surface area contributed by atoms with E-state index in [1.165, 1.54) is 6.33 Å². The number of aromatic nitrogens is 3. The zero-order valence-corrected chi connectivity index (χ0v) is 14.8. The van der Waals surface area contributed by atoms with E-state index < -0.39 is 0 Å². The van der Waals surface area contributed by atoms with Gasteiger partial charge in [-0.1, -0.05) is 36.4 Å². The van der Waals surface area contributed by atoms with E-state index in [-0.39, 0.29) is 5.91 Å². The molecule has 134 valence electrons. The molecule has 1 aromatic heterocycles. The van der Waals surface area contributed by atoms with Crippen LogP contribution < -0.4 is 5.32 Å². The molecule has 0 atom stereocenters. The van der Waals surface area contributed by atoms with Crippen molar-refractivity contribution in [3.8, 4) is 22.9 Å². The maximum absolute atomic E-state index is 12.9. The van der Waals surface area contributed by atoms with Gasteiger partial charge in [-0.25, -0.2) is 9.67 Å². The number of carbonyl (C=O) groups is 1. The van der Waals surface area contributed by atoms with Crippen LogP contribution in [0.3, 0.4) is 0 Å². The van der Waals surface area contributed by atoms with Gasteiger partial charge >= 0.3 is 0 Å². The number of carbonyl (C=O) groups excluding carboxylic acids is 1. The molecule has 0 saturated carbocycles. The largest absolute Gasteiger partial charge is 0.322 e. The zero-order valence-electron chi connectivity index (χ0n) is 14.8. The fraction of sp³-hybridized carbons (Fsp3) is 0. The van der Waals surface area contributed by atoms with Crippen molar-refractivity contribution >= 4 is 11.6 Å². The van der Waals surface area contributed by atoms with Crippen molar-refractivity contribution in [2.45, 2.75) is 0 Å². The van der Waals surface area contributed by atoms with Gasteiger partial charge in [0.05, 0.1) is 17.3 Å². The first kappa shape index (κ1) is 17.2. The molecule has 0 bridgehead atoms. The number of hydrogen-bond acceptors (Lipinski definition) is 4. The third-order valence-corrected chi connectivity index (χ3v) is 4.32. The minimum Gasteiger partial charge on any atom is -0.322 e. The van der Waals surface area contributed by atoms with Crippen molar-refractivity contribution in [1.29, 1.82) is 5.26 Å². The maximum Gasteiger partial charge on any atom is 0.256 e. The van der Waals surface area contributed by atoms with E-state index in [2.05, 4.69) is 21.5 Å². The average Bonchev–Trinajstić information content (AvgIpc) is 3.29. The van der Waals surface area contributed by atoms with Gasteiger partial charge in [0.2, 0.25) is 0 Å². The number of amides is 1. The molecular formula is C22H15N5O. The van der Waals surface area contributed by atoms with E-state index in [0.29, 0.717) is 16.8 Å². The Balaban J connectivity index is 1.62. The fourth-order valence-corrected chi connectivity index (χ4v) is 2.97. The summed E-state index contributed by atoms with van der Waals surface area (Å²) in [7, 11) is 0. The summed E-state index contributed by atoms with van der Waals surface area (Å²) in [6.07, 6.45) is 3.07. The summed E-state index contributed by atoms with van der Waals surface area (Å²) in [5.41, 5.74) is 4.00. The van der Waals surface area contributed by atoms with E-state index in [1.54, 1.807) is 47.4 Å². The summed E-state index contributed by atoms with van der Waals surface area (Å²) in [6, 6.07) is 24.0. The lowest BCUT2D eigenvalue weighted by Gasteiger charge is -2.12. The van der Waals surface area contributed by atoms with Crippen LogP contribution in [0, 0.1) is 11.3 Å². The Labute approximate surface area is 161 Å². The maximum atomic E-state index is 12.9. The number of rotatable bonds is 4. The van der Waals surface area contributed by atoms with Crippen LogP contribution >= 0.6 is 0 Å². The summed E-state index contributed by atoms with van der Waals surface area (Å²) in [5.74, 6) is -0.239. The van der Waals surface area contributed by atoms with E-state index in [0.717, 1.165) is 16.8 Å². The van der Waals surface area contributed by atoms with E-state index in [1.807, 2.05) is 36.4 Å². The Hall–Kier alpha value is -4.24. The second-order valence-electron chi connectivity index (χ2n) is 6.04. The van der Waals surface area contributed by atoms with Gasteiger partial charge in [-0.2, -0.15) is 10.4 Å². The average molecular weight is 365 g/mol. The van der Waals surface area contributed by atoms with E-state index in [9.17, 15) is 10.1 Å². The van der Waals surface area contributed by atoms with Crippen LogP contribution in [0.15, 0.2) is 85.5 Å². The summed E-state index contributed by atoms with van der Waals surface area (Å²) in [4.78, 5) is 16.8. The molecule has 1 amide bonds. The molecule has 6 heteroatoms. The molecule has 0 aliphatic rings. The number of anilines is 1. The van der Waals surface area contributed by atoms with Crippen molar-refractivity contribution in [3.63, 3.8) is 0 Å². The normalized spacial score (nSPS) is 10.2. The second kappa shape index (κ2) is 7.56. The molecule has 0 radical (unpaired) electrons. The first-order valence-electron chi connectivity index (χ1n) is 8.61. The Bertz CT molecular complexity index is 1160. The molecular weight excluding hydrogens is 350 g/mol. The third kappa shape index (κ3) is 3.37. The summed E-state index contributed by atoms with van der Waals surface area (Å²) in [5, 5.41) is 16.4. The highest BCUT2D eigenvalue weighted by Crippen LogP contribution is 2.27. The van der Waals surface area contributed by atoms with Crippen LogP contribution in [-0.4, -0.2) is 20.7 Å². The smallest absolute Gasteiger partial charge is 0.256 e. The molecule has 1 N–H and O–H groups in total. The first-order valence-corrected chi connectivity index (χ1v) is 8.61. The highest BCUT2D eigenvalue weighted by Gasteiger charge is 2.15. The number of hydrogen-bond donors (Lipinski definition) is 1. The Morgan fingerprint density at radius 3 is 2.36 bits per heavy atom. The summed E-state index contributed by atoms with van der Waals surface area (Å²) < 4.78 is 1.64. The van der Waals surface area contributed by atoms with Crippen molar-refractivity contribution in [1.82, 2.24) is 14.8 Å². The van der Waals surface area contributed by atoms with Gasteiger partial charge in [0.1, 0.15) is 12.7 Å². The van der Waals surface area contributed by atoms with Gasteiger partial charge in [0.15, 0.2) is 0 Å². The Morgan fingerprint density at radius 1 is 0.929 bits per heavy atom. The van der Waals surface area contributed by atoms with Crippen LogP contribution in [0.5, 0.6) is 0 Å². The summed E-state index contributed by atoms with van der Waals surface area (Å²) >= 11 is 0. The van der Waals surface area contributed by atoms with Crippen LogP contribution in [0.1, 0.15) is 15.9 Å². The lowest BCUT2D eigenvalue weighted by Crippen LogP contribution is -2.13. The Kier molecular flexibility index (Phi) is 4.64. The Morgan fingerprint density at radius 2 is 1.64 bits per heavy atom. The van der Waals surface area contributed by atoms with Crippen molar-refractivity contribution in [2.24, 2.45) is 0 Å². The van der Waals surface area contributed by atoms with Gasteiger partial charge < -0.3 is 5.32 Å². The number of nitriles is 1. The molecule has 3 aromatic carbocycles. The number of nitrogens with one attached hydrogen (secondary N) is 1. The molecule has 1 heterocycles. The quantitative estimate of drug-likeness (QED) is 0.591. The third-order valence-electron chi connectivity index (χ3n) is 4.32. The molecule has 0 aliphatic heterocycles. The van der Waals surface area contributed by atoms with E-state index in [4.69, 9.17) is 0 Å². The van der Waals surface area contributed by atoms with Crippen LogP contribution in [-0.2, 0) is 0 Å². The molecule has 28 heavy (non-hydrogen) atoms.